The normalized spacial score (nSPS) is 12.7. The van der Waals surface area contributed by atoms with Crippen molar-refractivity contribution in [3.63, 3.8) is 0 Å². The number of rotatable bonds is 5. The van der Waals surface area contributed by atoms with E-state index in [4.69, 9.17) is 17.3 Å². The summed E-state index contributed by atoms with van der Waals surface area (Å²) in [6.07, 6.45) is 0.904. The molecule has 3 rings (SSSR count). The van der Waals surface area contributed by atoms with Crippen LogP contribution in [0.25, 0.3) is 10.1 Å². The third kappa shape index (κ3) is 3.61. The maximum Gasteiger partial charge on any atom is 0.0541 e. The Morgan fingerprint density at radius 2 is 1.86 bits per heavy atom. The SMILES string of the molecule is NC(CSc1ccccc1Cl)Cc1csc2ccccc12. The van der Waals surface area contributed by atoms with Crippen molar-refractivity contribution in [2.45, 2.75) is 17.4 Å². The van der Waals surface area contributed by atoms with Crippen LogP contribution in [0, 0.1) is 0 Å². The highest BCUT2D eigenvalue weighted by atomic mass is 35.5. The van der Waals surface area contributed by atoms with Gasteiger partial charge < -0.3 is 5.73 Å². The summed E-state index contributed by atoms with van der Waals surface area (Å²) in [7, 11) is 0. The molecule has 3 aromatic rings. The Bertz CT molecular complexity index is 738. The van der Waals surface area contributed by atoms with Crippen LogP contribution >= 0.6 is 34.7 Å². The standard InChI is InChI=1S/C17H16ClNS2/c18-15-6-2-4-8-17(15)21-11-13(19)9-12-10-20-16-7-3-1-5-14(12)16/h1-8,10,13H,9,11,19H2. The first-order valence-corrected chi connectivity index (χ1v) is 9.06. The summed E-state index contributed by atoms with van der Waals surface area (Å²) < 4.78 is 1.33. The van der Waals surface area contributed by atoms with Gasteiger partial charge in [-0.1, -0.05) is 41.9 Å². The first-order chi connectivity index (χ1) is 10.2. The summed E-state index contributed by atoms with van der Waals surface area (Å²) >= 11 is 9.69. The number of benzene rings is 2. The van der Waals surface area contributed by atoms with Crippen LogP contribution in [0.15, 0.2) is 58.8 Å². The molecule has 1 atom stereocenters. The molecule has 0 aliphatic heterocycles. The van der Waals surface area contributed by atoms with E-state index >= 15 is 0 Å². The van der Waals surface area contributed by atoms with Gasteiger partial charge in [-0.05, 0) is 40.9 Å². The van der Waals surface area contributed by atoms with E-state index in [0.717, 1.165) is 22.1 Å². The highest BCUT2D eigenvalue weighted by Gasteiger charge is 2.10. The number of hydrogen-bond acceptors (Lipinski definition) is 3. The monoisotopic (exact) mass is 333 g/mol. The van der Waals surface area contributed by atoms with Gasteiger partial charge in [0.1, 0.15) is 0 Å². The van der Waals surface area contributed by atoms with Crippen LogP contribution < -0.4 is 5.73 Å². The molecule has 1 heterocycles. The van der Waals surface area contributed by atoms with Crippen molar-refractivity contribution >= 4 is 44.8 Å². The second-order valence-corrected chi connectivity index (χ2v) is 7.34. The van der Waals surface area contributed by atoms with Crippen molar-refractivity contribution in [3.05, 3.63) is 64.5 Å². The largest absolute Gasteiger partial charge is 0.327 e. The minimum atomic E-state index is 0.129. The molecule has 1 aromatic heterocycles. The molecule has 108 valence electrons. The van der Waals surface area contributed by atoms with E-state index in [2.05, 4.69) is 29.6 Å². The Morgan fingerprint density at radius 3 is 2.71 bits per heavy atom. The molecule has 0 aliphatic carbocycles. The van der Waals surface area contributed by atoms with E-state index in [-0.39, 0.29) is 6.04 Å². The molecule has 0 radical (unpaired) electrons. The van der Waals surface area contributed by atoms with Crippen LogP contribution in [0.5, 0.6) is 0 Å². The summed E-state index contributed by atoms with van der Waals surface area (Å²) in [5.74, 6) is 0.869. The van der Waals surface area contributed by atoms with E-state index in [1.165, 1.54) is 15.6 Å². The Labute approximate surface area is 138 Å². The number of thioether (sulfide) groups is 1. The second kappa shape index (κ2) is 6.84. The quantitative estimate of drug-likeness (QED) is 0.648. The van der Waals surface area contributed by atoms with Gasteiger partial charge in [-0.15, -0.1) is 23.1 Å². The molecule has 2 N–H and O–H groups in total. The predicted molar refractivity (Wildman–Crippen MR) is 95.7 cm³/mol. The number of thiophene rings is 1. The van der Waals surface area contributed by atoms with Gasteiger partial charge in [-0.2, -0.15) is 0 Å². The lowest BCUT2D eigenvalue weighted by Gasteiger charge is -2.11. The molecule has 0 spiro atoms. The van der Waals surface area contributed by atoms with Crippen LogP contribution in [0.4, 0.5) is 0 Å². The number of halogens is 1. The highest BCUT2D eigenvalue weighted by molar-refractivity contribution is 7.99. The molecule has 1 nitrogen and oxygen atoms in total. The molecule has 4 heteroatoms. The van der Waals surface area contributed by atoms with Gasteiger partial charge in [0, 0.05) is 21.4 Å². The number of nitrogens with two attached hydrogens (primary N) is 1. The van der Waals surface area contributed by atoms with Crippen molar-refractivity contribution in [3.8, 4) is 0 Å². The minimum Gasteiger partial charge on any atom is -0.327 e. The zero-order valence-electron chi connectivity index (χ0n) is 11.5. The topological polar surface area (TPSA) is 26.0 Å². The average molecular weight is 334 g/mol. The fraction of sp³-hybridized carbons (Fsp3) is 0.176. The molecule has 2 aromatic carbocycles. The summed E-state index contributed by atoms with van der Waals surface area (Å²) in [5.41, 5.74) is 7.64. The fourth-order valence-electron chi connectivity index (χ4n) is 2.29. The van der Waals surface area contributed by atoms with Crippen LogP contribution in [0.2, 0.25) is 5.02 Å². The molecule has 0 fully saturated rings. The van der Waals surface area contributed by atoms with Gasteiger partial charge in [-0.3, -0.25) is 0 Å². The van der Waals surface area contributed by atoms with Crippen molar-refractivity contribution in [1.82, 2.24) is 0 Å². The molecule has 0 bridgehead atoms. The second-order valence-electron chi connectivity index (χ2n) is 4.96. The molecular weight excluding hydrogens is 318 g/mol. The highest BCUT2D eigenvalue weighted by Crippen LogP contribution is 2.29. The van der Waals surface area contributed by atoms with E-state index < -0.39 is 0 Å². The molecule has 1 unspecified atom stereocenters. The molecule has 0 saturated heterocycles. The predicted octanol–water partition coefficient (Wildman–Crippen LogP) is 5.22. The third-order valence-corrected chi connectivity index (χ3v) is 6.05. The van der Waals surface area contributed by atoms with E-state index in [9.17, 15) is 0 Å². The van der Waals surface area contributed by atoms with Crippen LogP contribution in [-0.2, 0) is 6.42 Å². The smallest absolute Gasteiger partial charge is 0.0541 e. The fourth-order valence-corrected chi connectivity index (χ4v) is 4.46. The molecule has 0 saturated carbocycles. The lowest BCUT2D eigenvalue weighted by atomic mass is 10.1. The first kappa shape index (κ1) is 14.9. The van der Waals surface area contributed by atoms with Gasteiger partial charge >= 0.3 is 0 Å². The maximum atomic E-state index is 6.29. The van der Waals surface area contributed by atoms with Crippen LogP contribution in [-0.4, -0.2) is 11.8 Å². The number of hydrogen-bond donors (Lipinski definition) is 1. The summed E-state index contributed by atoms with van der Waals surface area (Å²) in [5, 5.41) is 4.36. The van der Waals surface area contributed by atoms with Gasteiger partial charge in [0.25, 0.3) is 0 Å². The molecular formula is C17H16ClNS2. The zero-order chi connectivity index (χ0) is 14.7. The molecule has 21 heavy (non-hydrogen) atoms. The van der Waals surface area contributed by atoms with Gasteiger partial charge in [0.05, 0.1) is 5.02 Å². The Balaban J connectivity index is 1.64. The first-order valence-electron chi connectivity index (χ1n) is 6.82. The average Bonchev–Trinajstić information content (AvgIpc) is 2.90. The Hall–Kier alpha value is -1.00. The molecule has 0 aliphatic rings. The third-order valence-electron chi connectivity index (χ3n) is 3.33. The Morgan fingerprint density at radius 1 is 1.10 bits per heavy atom. The van der Waals surface area contributed by atoms with E-state index in [1.54, 1.807) is 23.1 Å². The maximum absolute atomic E-state index is 6.29. The van der Waals surface area contributed by atoms with E-state index in [1.807, 2.05) is 24.3 Å². The van der Waals surface area contributed by atoms with Crippen molar-refractivity contribution < 1.29 is 0 Å². The van der Waals surface area contributed by atoms with Gasteiger partial charge in [-0.25, -0.2) is 0 Å². The van der Waals surface area contributed by atoms with Crippen molar-refractivity contribution in [1.29, 1.82) is 0 Å². The van der Waals surface area contributed by atoms with Gasteiger partial charge in [0.15, 0.2) is 0 Å². The minimum absolute atomic E-state index is 0.129. The van der Waals surface area contributed by atoms with Crippen molar-refractivity contribution in [2.75, 3.05) is 5.75 Å². The zero-order valence-corrected chi connectivity index (χ0v) is 13.8. The summed E-state index contributed by atoms with van der Waals surface area (Å²) in [4.78, 5) is 1.10. The lowest BCUT2D eigenvalue weighted by molar-refractivity contribution is 0.754. The summed E-state index contributed by atoms with van der Waals surface area (Å²) in [6.45, 7) is 0. The molecule has 0 amide bonds. The van der Waals surface area contributed by atoms with E-state index in [0.29, 0.717) is 0 Å². The van der Waals surface area contributed by atoms with Gasteiger partial charge in [0.2, 0.25) is 0 Å². The van der Waals surface area contributed by atoms with Crippen molar-refractivity contribution in [2.24, 2.45) is 5.73 Å². The Kier molecular flexibility index (Phi) is 4.86. The summed E-state index contributed by atoms with van der Waals surface area (Å²) in [6, 6.07) is 16.5. The lowest BCUT2D eigenvalue weighted by Crippen LogP contribution is -2.25. The van der Waals surface area contributed by atoms with Crippen LogP contribution in [0.3, 0.4) is 0 Å². The van der Waals surface area contributed by atoms with Crippen LogP contribution in [0.1, 0.15) is 5.56 Å². The number of fused-ring (bicyclic) bond motifs is 1.